The molecule has 1 amide bonds. The van der Waals surface area contributed by atoms with Crippen molar-refractivity contribution in [3.8, 4) is 5.75 Å². The standard InChI is InChI=1S/C18H18N2O2/c1-22-15-9-7-13(8-10-15)12-19-20-18(21)17-11-16(17)14-5-3-2-4-6-14/h2-10,12,16-17H,11H2,1H3,(H,20,21)/b19-12-/t16-,17+/m0/s1. The fourth-order valence-electron chi connectivity index (χ4n) is 2.50. The van der Waals surface area contributed by atoms with Gasteiger partial charge in [-0.1, -0.05) is 30.3 Å². The zero-order valence-corrected chi connectivity index (χ0v) is 12.4. The molecule has 1 aliphatic carbocycles. The maximum absolute atomic E-state index is 12.0. The molecule has 3 rings (SSSR count). The Morgan fingerprint density at radius 1 is 1.18 bits per heavy atom. The van der Waals surface area contributed by atoms with E-state index in [-0.39, 0.29) is 11.8 Å². The summed E-state index contributed by atoms with van der Waals surface area (Å²) in [5.74, 6) is 1.15. The molecule has 0 bridgehead atoms. The van der Waals surface area contributed by atoms with Crippen LogP contribution in [0, 0.1) is 5.92 Å². The van der Waals surface area contributed by atoms with Crippen LogP contribution in [0.25, 0.3) is 0 Å². The Hall–Kier alpha value is -2.62. The highest BCUT2D eigenvalue weighted by Gasteiger charge is 2.43. The van der Waals surface area contributed by atoms with Crippen LogP contribution in [0.1, 0.15) is 23.5 Å². The molecular formula is C18H18N2O2. The van der Waals surface area contributed by atoms with Gasteiger partial charge in [0.2, 0.25) is 5.91 Å². The molecule has 0 aromatic heterocycles. The molecule has 112 valence electrons. The molecule has 4 nitrogen and oxygen atoms in total. The predicted octanol–water partition coefficient (Wildman–Crippen LogP) is 2.95. The Morgan fingerprint density at radius 3 is 2.59 bits per heavy atom. The largest absolute Gasteiger partial charge is 0.497 e. The molecule has 0 unspecified atom stereocenters. The van der Waals surface area contributed by atoms with Gasteiger partial charge >= 0.3 is 0 Å². The third-order valence-electron chi connectivity index (χ3n) is 3.86. The summed E-state index contributed by atoms with van der Waals surface area (Å²) in [5.41, 5.74) is 4.76. The first-order valence-corrected chi connectivity index (χ1v) is 7.30. The molecule has 4 heteroatoms. The fraction of sp³-hybridized carbons (Fsp3) is 0.222. The summed E-state index contributed by atoms with van der Waals surface area (Å²) in [4.78, 5) is 12.0. The number of amides is 1. The number of hydrogen-bond donors (Lipinski definition) is 1. The Balaban J connectivity index is 1.51. The van der Waals surface area contributed by atoms with E-state index in [2.05, 4.69) is 22.7 Å². The lowest BCUT2D eigenvalue weighted by atomic mass is 10.1. The van der Waals surface area contributed by atoms with Gasteiger partial charge in [0.15, 0.2) is 0 Å². The van der Waals surface area contributed by atoms with Crippen molar-refractivity contribution < 1.29 is 9.53 Å². The molecule has 0 aliphatic heterocycles. The van der Waals surface area contributed by atoms with Crippen LogP contribution >= 0.6 is 0 Å². The Kier molecular flexibility index (Phi) is 4.19. The summed E-state index contributed by atoms with van der Waals surface area (Å²) in [7, 11) is 1.63. The fourth-order valence-corrected chi connectivity index (χ4v) is 2.50. The van der Waals surface area contributed by atoms with Crippen molar-refractivity contribution in [2.75, 3.05) is 7.11 Å². The molecule has 2 aromatic carbocycles. The minimum absolute atomic E-state index is 0.0152. The smallest absolute Gasteiger partial charge is 0.243 e. The summed E-state index contributed by atoms with van der Waals surface area (Å²) in [5, 5.41) is 4.02. The summed E-state index contributed by atoms with van der Waals surface area (Å²) < 4.78 is 5.09. The molecular weight excluding hydrogens is 276 g/mol. The number of ether oxygens (including phenoxy) is 1. The van der Waals surface area contributed by atoms with Gasteiger partial charge in [-0.3, -0.25) is 4.79 Å². The van der Waals surface area contributed by atoms with E-state index in [9.17, 15) is 4.79 Å². The second-order valence-corrected chi connectivity index (χ2v) is 5.37. The highest BCUT2D eigenvalue weighted by atomic mass is 16.5. The first-order chi connectivity index (χ1) is 10.8. The SMILES string of the molecule is COc1ccc(/C=N\NC(=O)[C@@H]2C[C@H]2c2ccccc2)cc1. The molecule has 2 atom stereocenters. The summed E-state index contributed by atoms with van der Waals surface area (Å²) in [6, 6.07) is 17.6. The molecule has 1 aliphatic rings. The van der Waals surface area contributed by atoms with E-state index in [0.29, 0.717) is 5.92 Å². The quantitative estimate of drug-likeness (QED) is 0.681. The second-order valence-electron chi connectivity index (χ2n) is 5.37. The number of nitrogens with zero attached hydrogens (tertiary/aromatic N) is 1. The second kappa shape index (κ2) is 6.43. The zero-order chi connectivity index (χ0) is 15.4. The number of nitrogens with one attached hydrogen (secondary N) is 1. The van der Waals surface area contributed by atoms with E-state index in [1.54, 1.807) is 13.3 Å². The number of hydrogen-bond acceptors (Lipinski definition) is 3. The highest BCUT2D eigenvalue weighted by molar-refractivity contribution is 5.85. The van der Waals surface area contributed by atoms with Crippen molar-refractivity contribution in [2.24, 2.45) is 11.0 Å². The van der Waals surface area contributed by atoms with Crippen LogP contribution in [0.5, 0.6) is 5.75 Å². The normalized spacial score (nSPS) is 19.9. The van der Waals surface area contributed by atoms with E-state index in [1.807, 2.05) is 42.5 Å². The minimum Gasteiger partial charge on any atom is -0.497 e. The monoisotopic (exact) mass is 294 g/mol. The van der Waals surface area contributed by atoms with Crippen LogP contribution in [0.4, 0.5) is 0 Å². The number of methoxy groups -OCH3 is 1. The van der Waals surface area contributed by atoms with Crippen LogP contribution in [-0.2, 0) is 4.79 Å². The van der Waals surface area contributed by atoms with E-state index in [4.69, 9.17) is 4.74 Å². The first-order valence-electron chi connectivity index (χ1n) is 7.30. The average molecular weight is 294 g/mol. The lowest BCUT2D eigenvalue weighted by Crippen LogP contribution is -2.20. The van der Waals surface area contributed by atoms with E-state index >= 15 is 0 Å². The molecule has 1 N–H and O–H groups in total. The van der Waals surface area contributed by atoms with Crippen LogP contribution < -0.4 is 10.2 Å². The number of carbonyl (C=O) groups excluding carboxylic acids is 1. The van der Waals surface area contributed by atoms with Gasteiger partial charge < -0.3 is 4.74 Å². The first kappa shape index (κ1) is 14.3. The predicted molar refractivity (Wildman–Crippen MR) is 86.0 cm³/mol. The topological polar surface area (TPSA) is 50.7 Å². The van der Waals surface area contributed by atoms with Crippen LogP contribution in [0.3, 0.4) is 0 Å². The van der Waals surface area contributed by atoms with Gasteiger partial charge in [-0.25, -0.2) is 5.43 Å². The van der Waals surface area contributed by atoms with Crippen molar-refractivity contribution in [3.05, 3.63) is 65.7 Å². The molecule has 2 aromatic rings. The minimum atomic E-state index is -0.0152. The summed E-state index contributed by atoms with van der Waals surface area (Å²) in [6.45, 7) is 0. The lowest BCUT2D eigenvalue weighted by molar-refractivity contribution is -0.122. The molecule has 1 saturated carbocycles. The van der Waals surface area contributed by atoms with Gasteiger partial charge in [-0.05, 0) is 47.7 Å². The zero-order valence-electron chi connectivity index (χ0n) is 12.4. The molecule has 0 saturated heterocycles. The highest BCUT2D eigenvalue weighted by Crippen LogP contribution is 2.47. The molecule has 0 spiro atoms. The van der Waals surface area contributed by atoms with Gasteiger partial charge in [-0.15, -0.1) is 0 Å². The van der Waals surface area contributed by atoms with E-state index in [1.165, 1.54) is 5.56 Å². The van der Waals surface area contributed by atoms with Crippen molar-refractivity contribution >= 4 is 12.1 Å². The number of benzene rings is 2. The van der Waals surface area contributed by atoms with Crippen molar-refractivity contribution in [1.82, 2.24) is 5.43 Å². The molecule has 1 fully saturated rings. The Labute approximate surface area is 129 Å². The molecule has 0 radical (unpaired) electrons. The third kappa shape index (κ3) is 3.34. The lowest BCUT2D eigenvalue weighted by Gasteiger charge is -2.01. The van der Waals surface area contributed by atoms with Crippen LogP contribution in [-0.4, -0.2) is 19.2 Å². The van der Waals surface area contributed by atoms with Gasteiger partial charge in [0, 0.05) is 5.92 Å². The maximum atomic E-state index is 12.0. The van der Waals surface area contributed by atoms with E-state index in [0.717, 1.165) is 17.7 Å². The maximum Gasteiger partial charge on any atom is 0.243 e. The summed E-state index contributed by atoms with van der Waals surface area (Å²) in [6.07, 6.45) is 2.53. The van der Waals surface area contributed by atoms with Gasteiger partial charge in [0.1, 0.15) is 5.75 Å². The number of hydrazone groups is 1. The number of carbonyl (C=O) groups is 1. The Morgan fingerprint density at radius 2 is 1.91 bits per heavy atom. The third-order valence-corrected chi connectivity index (χ3v) is 3.86. The van der Waals surface area contributed by atoms with E-state index < -0.39 is 0 Å². The van der Waals surface area contributed by atoms with Crippen molar-refractivity contribution in [3.63, 3.8) is 0 Å². The molecule has 22 heavy (non-hydrogen) atoms. The average Bonchev–Trinajstić information content (AvgIpc) is 3.37. The molecule has 0 heterocycles. The Bertz CT molecular complexity index is 665. The summed E-state index contributed by atoms with van der Waals surface area (Å²) >= 11 is 0. The number of rotatable bonds is 5. The van der Waals surface area contributed by atoms with Crippen LogP contribution in [0.2, 0.25) is 0 Å². The van der Waals surface area contributed by atoms with Gasteiger partial charge in [-0.2, -0.15) is 5.10 Å². The van der Waals surface area contributed by atoms with Gasteiger partial charge in [0.25, 0.3) is 0 Å². The van der Waals surface area contributed by atoms with Crippen molar-refractivity contribution in [1.29, 1.82) is 0 Å². The van der Waals surface area contributed by atoms with Crippen molar-refractivity contribution in [2.45, 2.75) is 12.3 Å². The van der Waals surface area contributed by atoms with Crippen LogP contribution in [0.15, 0.2) is 59.7 Å². The van der Waals surface area contributed by atoms with Gasteiger partial charge in [0.05, 0.1) is 13.3 Å².